The zero-order valence-electron chi connectivity index (χ0n) is 30.9. The first-order valence-electron chi connectivity index (χ1n) is 17.7. The first kappa shape index (κ1) is 41.8. The number of nitrogens with two attached hydrogens (primary N) is 1. The van der Waals surface area contributed by atoms with Gasteiger partial charge in [-0.1, -0.05) is 68.4 Å². The molecule has 284 valence electrons. The molecule has 0 aliphatic rings. The number of carboxylic acids is 1. The smallest absolute Gasteiger partial charge is 0.340 e. The summed E-state index contributed by atoms with van der Waals surface area (Å²) in [6, 6.07) is 25.0. The lowest BCUT2D eigenvalue weighted by Gasteiger charge is -2.25. The molecular formula is C43H47F2N3O5S. The number of aromatic carboxylic acids is 1. The maximum Gasteiger partial charge on any atom is 0.340 e. The quantitative estimate of drug-likeness (QED) is 0.0620. The van der Waals surface area contributed by atoms with Crippen LogP contribution < -0.4 is 11.1 Å². The molecule has 54 heavy (non-hydrogen) atoms. The molecule has 1 heterocycles. The van der Waals surface area contributed by atoms with Crippen LogP contribution in [-0.4, -0.2) is 51.6 Å². The molecule has 0 amide bonds. The van der Waals surface area contributed by atoms with Crippen molar-refractivity contribution in [2.45, 2.75) is 70.2 Å². The number of nitrogens with zero attached hydrogens (tertiary/aromatic N) is 1. The Bertz CT molecular complexity index is 2010. The average molecular weight is 756 g/mol. The number of nitrogens with one attached hydrogen (secondary N) is 1. The van der Waals surface area contributed by atoms with Gasteiger partial charge in [0.2, 0.25) is 0 Å². The van der Waals surface area contributed by atoms with Crippen LogP contribution in [0.5, 0.6) is 0 Å². The van der Waals surface area contributed by atoms with E-state index >= 15 is 0 Å². The van der Waals surface area contributed by atoms with Crippen molar-refractivity contribution in [2.75, 3.05) is 12.3 Å². The third-order valence-corrected chi connectivity index (χ3v) is 9.45. The molecule has 5 aromatic rings. The number of halogens is 2. The summed E-state index contributed by atoms with van der Waals surface area (Å²) in [5.74, 6) is -2.03. The molecule has 0 saturated carbocycles. The number of hydrogen-bond acceptors (Lipinski definition) is 8. The predicted octanol–water partition coefficient (Wildman–Crippen LogP) is 8.00. The number of carbonyl (C=O) groups excluding carboxylic acids is 1. The third kappa shape index (κ3) is 12.6. The van der Waals surface area contributed by atoms with Crippen LogP contribution >= 0.6 is 11.8 Å². The molecule has 0 saturated heterocycles. The number of hydrogen-bond donors (Lipinski definition) is 4. The highest BCUT2D eigenvalue weighted by molar-refractivity contribution is 7.99. The molecule has 0 aliphatic heterocycles. The fraction of sp³-hybridized carbons (Fsp3) is 0.279. The molecule has 5 N–H and O–H groups in total. The Kier molecular flexibility index (Phi) is 15.9. The van der Waals surface area contributed by atoms with Crippen molar-refractivity contribution < 1.29 is 33.3 Å². The number of aliphatic hydroxyl groups is 1. The number of aryl methyl sites for hydroxylation is 3. The van der Waals surface area contributed by atoms with Crippen LogP contribution in [0.3, 0.4) is 0 Å². The van der Waals surface area contributed by atoms with Crippen LogP contribution in [0.15, 0.2) is 108 Å². The molecular weight excluding hydrogens is 709 g/mol. The van der Waals surface area contributed by atoms with E-state index in [0.717, 1.165) is 45.4 Å². The molecule has 4 aromatic carbocycles. The normalized spacial score (nSPS) is 12.6. The second kappa shape index (κ2) is 20.5. The van der Waals surface area contributed by atoms with Crippen molar-refractivity contribution >= 4 is 23.7 Å². The average Bonchev–Trinajstić information content (AvgIpc) is 3.14. The van der Waals surface area contributed by atoms with Crippen molar-refractivity contribution in [2.24, 2.45) is 5.73 Å². The van der Waals surface area contributed by atoms with Crippen LogP contribution in [0, 0.1) is 25.5 Å². The summed E-state index contributed by atoms with van der Waals surface area (Å²) >= 11 is 1.57. The highest BCUT2D eigenvalue weighted by atomic mass is 32.2. The zero-order chi connectivity index (χ0) is 39.2. The second-order valence-electron chi connectivity index (χ2n) is 12.9. The number of aromatic nitrogens is 1. The van der Waals surface area contributed by atoms with Gasteiger partial charge in [-0.05, 0) is 102 Å². The minimum absolute atomic E-state index is 0.142. The van der Waals surface area contributed by atoms with Gasteiger partial charge in [0.1, 0.15) is 23.8 Å². The van der Waals surface area contributed by atoms with Gasteiger partial charge in [0.05, 0.1) is 11.1 Å². The SMILES string of the molecule is CCSc1cncc(C(=O)O[C@H](CNCc2cccc(CC)c2)[C@@H](N)Cc2cc(F)cc(F)c2)c1.Cc1cc(C(=O)O)cc(C(O)c2ccccc2C)c1. The summed E-state index contributed by atoms with van der Waals surface area (Å²) in [4.78, 5) is 29.0. The summed E-state index contributed by atoms with van der Waals surface area (Å²) in [5.41, 5.74) is 12.9. The van der Waals surface area contributed by atoms with Gasteiger partial charge in [-0.25, -0.2) is 18.4 Å². The highest BCUT2D eigenvalue weighted by Crippen LogP contribution is 2.26. The van der Waals surface area contributed by atoms with E-state index < -0.39 is 41.8 Å². The number of rotatable bonds is 15. The third-order valence-electron chi connectivity index (χ3n) is 8.61. The van der Waals surface area contributed by atoms with E-state index in [4.69, 9.17) is 15.6 Å². The van der Waals surface area contributed by atoms with E-state index in [1.165, 1.54) is 30.0 Å². The number of ether oxygens (including phenoxy) is 1. The highest BCUT2D eigenvalue weighted by Gasteiger charge is 2.24. The number of aliphatic hydroxyl groups excluding tert-OH is 1. The van der Waals surface area contributed by atoms with E-state index in [2.05, 4.69) is 29.4 Å². The van der Waals surface area contributed by atoms with Crippen molar-refractivity contribution in [3.05, 3.63) is 165 Å². The molecule has 0 aliphatic carbocycles. The van der Waals surface area contributed by atoms with E-state index in [0.29, 0.717) is 23.2 Å². The molecule has 0 fully saturated rings. The fourth-order valence-electron chi connectivity index (χ4n) is 5.88. The summed E-state index contributed by atoms with van der Waals surface area (Å²) in [6.07, 6.45) is 2.69. The van der Waals surface area contributed by atoms with Crippen LogP contribution in [0.25, 0.3) is 0 Å². The first-order valence-corrected chi connectivity index (χ1v) is 18.7. The molecule has 1 unspecified atom stereocenters. The Morgan fingerprint density at radius 3 is 2.28 bits per heavy atom. The Hall–Kier alpha value is -4.94. The number of thioether (sulfide) groups is 1. The second-order valence-corrected chi connectivity index (χ2v) is 14.3. The van der Waals surface area contributed by atoms with Crippen LogP contribution in [0.2, 0.25) is 0 Å². The van der Waals surface area contributed by atoms with Gasteiger partial charge in [-0.3, -0.25) is 4.98 Å². The Balaban J connectivity index is 0.000000287. The molecule has 5 rings (SSSR count). The fourth-order valence-corrected chi connectivity index (χ4v) is 6.56. The lowest BCUT2D eigenvalue weighted by atomic mass is 9.95. The summed E-state index contributed by atoms with van der Waals surface area (Å²) in [6.45, 7) is 8.69. The van der Waals surface area contributed by atoms with Crippen LogP contribution in [0.1, 0.15) is 79.6 Å². The van der Waals surface area contributed by atoms with E-state index in [1.807, 2.05) is 63.2 Å². The van der Waals surface area contributed by atoms with Gasteiger partial charge >= 0.3 is 11.9 Å². The predicted molar refractivity (Wildman–Crippen MR) is 209 cm³/mol. The van der Waals surface area contributed by atoms with E-state index in [9.17, 15) is 23.5 Å². The number of carbonyl (C=O) groups is 2. The monoisotopic (exact) mass is 755 g/mol. The van der Waals surface area contributed by atoms with Gasteiger partial charge < -0.3 is 26.0 Å². The number of carboxylic acid groups (broad SMARTS) is 1. The number of esters is 1. The standard InChI is InChI=1S/C27H31F2N3O2S.C16H16O3/c1-3-18-6-5-7-19(8-18)14-31-17-26(25(30)11-20-9-22(28)13-23(29)10-20)34-27(33)21-12-24(35-4-2)16-32-15-21;1-10-7-12(9-13(8-10)16(18)19)15(17)14-6-4-3-5-11(14)2/h5-10,12-13,15-16,25-26,31H,3-4,11,14,17,30H2,1-2H3;3-9,15,17H,1-2H3,(H,18,19)/t25-,26+;/m0./s1. The Morgan fingerprint density at radius 1 is 0.870 bits per heavy atom. The van der Waals surface area contributed by atoms with E-state index in [1.54, 1.807) is 30.1 Å². The van der Waals surface area contributed by atoms with Gasteiger partial charge in [-0.15, -0.1) is 11.8 Å². The van der Waals surface area contributed by atoms with Crippen molar-refractivity contribution in [1.82, 2.24) is 10.3 Å². The van der Waals surface area contributed by atoms with Crippen LogP contribution in [0.4, 0.5) is 8.78 Å². The van der Waals surface area contributed by atoms with Gasteiger partial charge in [-0.2, -0.15) is 0 Å². The number of benzene rings is 4. The molecule has 0 spiro atoms. The summed E-state index contributed by atoms with van der Waals surface area (Å²) in [7, 11) is 0. The molecule has 0 bridgehead atoms. The number of pyridine rings is 1. The Labute approximate surface area is 319 Å². The maximum atomic E-state index is 13.7. The van der Waals surface area contributed by atoms with Gasteiger partial charge in [0.15, 0.2) is 0 Å². The molecule has 0 radical (unpaired) electrons. The molecule has 11 heteroatoms. The minimum Gasteiger partial charge on any atom is -0.478 e. The van der Waals surface area contributed by atoms with Crippen LogP contribution in [-0.2, 0) is 24.1 Å². The van der Waals surface area contributed by atoms with E-state index in [-0.39, 0.29) is 18.5 Å². The topological polar surface area (TPSA) is 135 Å². The zero-order valence-corrected chi connectivity index (χ0v) is 31.7. The lowest BCUT2D eigenvalue weighted by molar-refractivity contribution is 0.0237. The minimum atomic E-state index is -0.984. The van der Waals surface area contributed by atoms with Gasteiger partial charge in [0.25, 0.3) is 0 Å². The summed E-state index contributed by atoms with van der Waals surface area (Å²) < 4.78 is 33.1. The lowest BCUT2D eigenvalue weighted by Crippen LogP contribution is -2.46. The van der Waals surface area contributed by atoms with Crippen molar-refractivity contribution in [3.63, 3.8) is 0 Å². The van der Waals surface area contributed by atoms with Crippen molar-refractivity contribution in [1.29, 1.82) is 0 Å². The van der Waals surface area contributed by atoms with Gasteiger partial charge in [0, 0.05) is 42.5 Å². The Morgan fingerprint density at radius 2 is 1.59 bits per heavy atom. The molecule has 1 aromatic heterocycles. The molecule has 8 nitrogen and oxygen atoms in total. The van der Waals surface area contributed by atoms with Crippen molar-refractivity contribution in [3.8, 4) is 0 Å². The maximum absolute atomic E-state index is 13.7. The molecule has 3 atom stereocenters. The summed E-state index contributed by atoms with van der Waals surface area (Å²) in [5, 5.41) is 22.8. The first-order chi connectivity index (χ1) is 25.9. The largest absolute Gasteiger partial charge is 0.478 e.